The molecule has 0 atom stereocenters. The van der Waals surface area contributed by atoms with E-state index in [2.05, 4.69) is 4.98 Å². The molecular weight excluding hydrogens is 164 g/mol. The van der Waals surface area contributed by atoms with Crippen LogP contribution >= 0.6 is 11.3 Å². The maximum atomic E-state index is 5.60. The van der Waals surface area contributed by atoms with Crippen LogP contribution in [-0.4, -0.2) is 12.1 Å². The van der Waals surface area contributed by atoms with E-state index < -0.39 is 0 Å². The van der Waals surface area contributed by atoms with Crippen LogP contribution in [0.3, 0.4) is 0 Å². The number of hydrogen-bond acceptors (Lipinski definition) is 5. The van der Waals surface area contributed by atoms with Crippen LogP contribution in [0.25, 0.3) is 10.4 Å². The fourth-order valence-corrected chi connectivity index (χ4v) is 1.72. The molecule has 0 radical (unpaired) electrons. The van der Waals surface area contributed by atoms with Crippen molar-refractivity contribution in [2.24, 2.45) is 0 Å². The molecule has 2 N–H and O–H groups in total. The van der Waals surface area contributed by atoms with E-state index in [4.69, 9.17) is 14.9 Å². The Hall–Kier alpha value is -1.23. The molecule has 0 unspecified atom stereocenters. The molecule has 0 saturated carbocycles. The largest absolute Gasteiger partial charge is 0.490 e. The molecule has 11 heavy (non-hydrogen) atoms. The highest BCUT2D eigenvalue weighted by atomic mass is 32.1. The second kappa shape index (κ2) is 2.13. The number of nitrogens with two attached hydrogens (primary N) is 1. The summed E-state index contributed by atoms with van der Waals surface area (Å²) in [5.74, 6) is 0.586. The van der Waals surface area contributed by atoms with Crippen LogP contribution in [0, 0.1) is 0 Å². The van der Waals surface area contributed by atoms with Crippen molar-refractivity contribution in [1.82, 2.24) is 4.98 Å². The number of hydrogen-bond donors (Lipinski definition) is 1. The Morgan fingerprint density at radius 1 is 1.73 bits per heavy atom. The standard InChI is InChI=1S/C6H6N2O2S/c1-9-3-4-6(8-2-10-4)11-5(3)7/h2H,7H2,1H3. The molecule has 0 saturated heterocycles. The van der Waals surface area contributed by atoms with Crippen LogP contribution in [0.2, 0.25) is 0 Å². The van der Waals surface area contributed by atoms with Gasteiger partial charge in [-0.3, -0.25) is 0 Å². The summed E-state index contributed by atoms with van der Waals surface area (Å²) in [5.41, 5.74) is 6.24. The molecule has 0 amide bonds. The lowest BCUT2D eigenvalue weighted by atomic mass is 10.5. The third-order valence-corrected chi connectivity index (χ3v) is 2.26. The van der Waals surface area contributed by atoms with E-state index in [9.17, 15) is 0 Å². The van der Waals surface area contributed by atoms with Gasteiger partial charge in [-0.1, -0.05) is 11.3 Å². The number of ether oxygens (including phenoxy) is 1. The normalized spacial score (nSPS) is 10.6. The Bertz CT molecular complexity index is 379. The van der Waals surface area contributed by atoms with Crippen molar-refractivity contribution in [3.8, 4) is 5.75 Å². The summed E-state index contributed by atoms with van der Waals surface area (Å²) >= 11 is 1.36. The molecule has 0 aromatic carbocycles. The molecule has 2 aromatic rings. The van der Waals surface area contributed by atoms with Gasteiger partial charge in [0.1, 0.15) is 5.00 Å². The van der Waals surface area contributed by atoms with E-state index >= 15 is 0 Å². The van der Waals surface area contributed by atoms with Gasteiger partial charge in [-0.25, -0.2) is 4.98 Å². The van der Waals surface area contributed by atoms with E-state index in [-0.39, 0.29) is 0 Å². The highest BCUT2D eigenvalue weighted by Crippen LogP contribution is 2.38. The number of aromatic nitrogens is 1. The highest BCUT2D eigenvalue weighted by Gasteiger charge is 2.13. The van der Waals surface area contributed by atoms with Crippen LogP contribution in [0.15, 0.2) is 10.8 Å². The zero-order chi connectivity index (χ0) is 7.84. The van der Waals surface area contributed by atoms with Crippen molar-refractivity contribution in [1.29, 1.82) is 0 Å². The second-order valence-corrected chi connectivity index (χ2v) is 3.02. The van der Waals surface area contributed by atoms with Gasteiger partial charge in [-0.2, -0.15) is 0 Å². The smallest absolute Gasteiger partial charge is 0.209 e. The van der Waals surface area contributed by atoms with E-state index in [0.29, 0.717) is 16.3 Å². The van der Waals surface area contributed by atoms with Gasteiger partial charge >= 0.3 is 0 Å². The molecule has 0 aliphatic heterocycles. The lowest BCUT2D eigenvalue weighted by Crippen LogP contribution is -1.85. The number of thiophene rings is 1. The number of anilines is 1. The predicted octanol–water partition coefficient (Wildman–Crippen LogP) is 1.48. The van der Waals surface area contributed by atoms with E-state index in [1.807, 2.05) is 0 Å². The average molecular weight is 170 g/mol. The first kappa shape index (κ1) is 6.48. The van der Waals surface area contributed by atoms with Gasteiger partial charge < -0.3 is 14.9 Å². The van der Waals surface area contributed by atoms with E-state index in [1.54, 1.807) is 7.11 Å². The number of nitrogens with zero attached hydrogens (tertiary/aromatic N) is 1. The average Bonchev–Trinajstić information content (AvgIpc) is 2.46. The van der Waals surface area contributed by atoms with Crippen molar-refractivity contribution in [3.63, 3.8) is 0 Å². The lowest BCUT2D eigenvalue weighted by molar-refractivity contribution is 0.413. The monoisotopic (exact) mass is 170 g/mol. The first-order valence-corrected chi connectivity index (χ1v) is 3.80. The third-order valence-electron chi connectivity index (χ3n) is 1.38. The summed E-state index contributed by atoms with van der Waals surface area (Å²) in [5, 5.41) is 0.606. The molecule has 2 heterocycles. The molecule has 0 spiro atoms. The van der Waals surface area contributed by atoms with Crippen molar-refractivity contribution < 1.29 is 9.15 Å². The van der Waals surface area contributed by atoms with Gasteiger partial charge in [0.15, 0.2) is 17.0 Å². The minimum atomic E-state index is 0.586. The van der Waals surface area contributed by atoms with Crippen molar-refractivity contribution in [2.75, 3.05) is 12.8 Å². The van der Waals surface area contributed by atoms with E-state index in [1.165, 1.54) is 17.7 Å². The summed E-state index contributed by atoms with van der Waals surface area (Å²) in [6, 6.07) is 0. The number of fused-ring (bicyclic) bond motifs is 1. The molecular formula is C6H6N2O2S. The second-order valence-electron chi connectivity index (χ2n) is 1.99. The molecule has 5 heteroatoms. The molecule has 2 aromatic heterocycles. The molecule has 58 valence electrons. The summed E-state index contributed by atoms with van der Waals surface area (Å²) in [7, 11) is 1.56. The van der Waals surface area contributed by atoms with Gasteiger partial charge in [0.25, 0.3) is 0 Å². The maximum absolute atomic E-state index is 5.60. The Labute approximate surface area is 66.6 Å². The topological polar surface area (TPSA) is 61.3 Å². The summed E-state index contributed by atoms with van der Waals surface area (Å²) in [6.45, 7) is 0. The highest BCUT2D eigenvalue weighted by molar-refractivity contribution is 7.22. The lowest BCUT2D eigenvalue weighted by Gasteiger charge is -1.93. The number of oxazole rings is 1. The first-order valence-electron chi connectivity index (χ1n) is 2.98. The Morgan fingerprint density at radius 3 is 3.27 bits per heavy atom. The zero-order valence-electron chi connectivity index (χ0n) is 5.83. The quantitative estimate of drug-likeness (QED) is 0.704. The zero-order valence-corrected chi connectivity index (χ0v) is 6.64. The van der Waals surface area contributed by atoms with Gasteiger partial charge in [0.2, 0.25) is 5.58 Å². The summed E-state index contributed by atoms with van der Waals surface area (Å²) in [6.07, 6.45) is 1.38. The van der Waals surface area contributed by atoms with Gasteiger partial charge in [-0.05, 0) is 0 Å². The molecule has 4 nitrogen and oxygen atoms in total. The predicted molar refractivity (Wildman–Crippen MR) is 42.9 cm³/mol. The van der Waals surface area contributed by atoms with Crippen molar-refractivity contribution in [3.05, 3.63) is 6.39 Å². The minimum absolute atomic E-state index is 0.586. The maximum Gasteiger partial charge on any atom is 0.209 e. The van der Waals surface area contributed by atoms with Crippen LogP contribution in [-0.2, 0) is 0 Å². The molecule has 0 aliphatic rings. The number of methoxy groups -OCH3 is 1. The third kappa shape index (κ3) is 0.775. The fraction of sp³-hybridized carbons (Fsp3) is 0.167. The number of rotatable bonds is 1. The Morgan fingerprint density at radius 2 is 2.55 bits per heavy atom. The van der Waals surface area contributed by atoms with Crippen LogP contribution in [0.5, 0.6) is 5.75 Å². The molecule has 0 bridgehead atoms. The van der Waals surface area contributed by atoms with Crippen LogP contribution in [0.4, 0.5) is 5.00 Å². The molecule has 0 fully saturated rings. The Balaban J connectivity index is 2.80. The minimum Gasteiger partial charge on any atom is -0.490 e. The van der Waals surface area contributed by atoms with Gasteiger partial charge in [0, 0.05) is 0 Å². The molecule has 2 rings (SSSR count). The van der Waals surface area contributed by atoms with Crippen LogP contribution < -0.4 is 10.5 Å². The van der Waals surface area contributed by atoms with Crippen molar-refractivity contribution >= 4 is 26.8 Å². The molecule has 0 aliphatic carbocycles. The Kier molecular flexibility index (Phi) is 1.25. The summed E-state index contributed by atoms with van der Waals surface area (Å²) in [4.78, 5) is 4.72. The van der Waals surface area contributed by atoms with Crippen molar-refractivity contribution in [2.45, 2.75) is 0 Å². The number of nitrogen functional groups attached to an aromatic ring is 1. The first-order chi connectivity index (χ1) is 5.33. The van der Waals surface area contributed by atoms with Gasteiger partial charge in [-0.15, -0.1) is 0 Å². The SMILES string of the molecule is COc1c(N)sc2ncoc12. The van der Waals surface area contributed by atoms with Gasteiger partial charge in [0.05, 0.1) is 7.11 Å². The fourth-order valence-electron chi connectivity index (χ4n) is 0.915. The van der Waals surface area contributed by atoms with E-state index in [0.717, 1.165) is 4.83 Å². The van der Waals surface area contributed by atoms with Crippen LogP contribution in [0.1, 0.15) is 0 Å². The summed E-state index contributed by atoms with van der Waals surface area (Å²) < 4.78 is 10.1.